The van der Waals surface area contributed by atoms with Crippen LogP contribution in [0.2, 0.25) is 0 Å². The number of nitrogens with zero attached hydrogens (tertiary/aromatic N) is 1. The smallest absolute Gasteiger partial charge is 0.243 e. The summed E-state index contributed by atoms with van der Waals surface area (Å²) in [6, 6.07) is 16.1. The van der Waals surface area contributed by atoms with E-state index < -0.39 is 10.0 Å². The van der Waals surface area contributed by atoms with Crippen molar-refractivity contribution in [1.29, 1.82) is 0 Å². The van der Waals surface area contributed by atoms with Gasteiger partial charge in [0.2, 0.25) is 10.0 Å². The van der Waals surface area contributed by atoms with Gasteiger partial charge in [-0.05, 0) is 30.5 Å². The third kappa shape index (κ3) is 4.34. The zero-order valence-electron chi connectivity index (χ0n) is 14.0. The average molecular weight is 358 g/mol. The van der Waals surface area contributed by atoms with E-state index in [1.54, 1.807) is 12.1 Å². The van der Waals surface area contributed by atoms with Crippen LogP contribution in [0.4, 0.5) is 0 Å². The number of benzene rings is 2. The van der Waals surface area contributed by atoms with E-state index in [2.05, 4.69) is 5.32 Å². The van der Waals surface area contributed by atoms with Crippen molar-refractivity contribution in [3.05, 3.63) is 65.7 Å². The lowest BCUT2D eigenvalue weighted by Crippen LogP contribution is -2.28. The van der Waals surface area contributed by atoms with E-state index in [4.69, 9.17) is 0 Å². The lowest BCUT2D eigenvalue weighted by Gasteiger charge is -2.15. The van der Waals surface area contributed by atoms with Crippen molar-refractivity contribution < 1.29 is 13.2 Å². The first-order valence-corrected chi connectivity index (χ1v) is 9.89. The molecular formula is C19H22N2O3S. The Labute approximate surface area is 148 Å². The SMILES string of the molecule is O=C(CNCc1ccccc1)c1ccc(S(=O)(=O)N2CCCC2)cc1. The molecule has 1 heterocycles. The van der Waals surface area contributed by atoms with E-state index in [-0.39, 0.29) is 17.2 Å². The largest absolute Gasteiger partial charge is 0.306 e. The molecule has 1 aliphatic heterocycles. The van der Waals surface area contributed by atoms with Crippen molar-refractivity contribution in [3.63, 3.8) is 0 Å². The van der Waals surface area contributed by atoms with Crippen LogP contribution in [0.5, 0.6) is 0 Å². The predicted octanol–water partition coefficient (Wildman–Crippen LogP) is 2.44. The number of ketones is 1. The van der Waals surface area contributed by atoms with E-state index in [1.807, 2.05) is 30.3 Å². The zero-order chi connectivity index (χ0) is 17.7. The number of Topliss-reactive ketones (excluding diaryl/α,β-unsaturated/α-hetero) is 1. The lowest BCUT2D eigenvalue weighted by molar-refractivity contribution is 0.0990. The molecule has 0 saturated carbocycles. The molecule has 1 saturated heterocycles. The molecule has 0 spiro atoms. The van der Waals surface area contributed by atoms with E-state index in [1.165, 1.54) is 16.4 Å². The van der Waals surface area contributed by atoms with Crippen LogP contribution < -0.4 is 5.32 Å². The first-order valence-electron chi connectivity index (χ1n) is 8.45. The normalized spacial score (nSPS) is 15.4. The summed E-state index contributed by atoms with van der Waals surface area (Å²) in [5.41, 5.74) is 1.63. The molecule has 0 aliphatic carbocycles. The Kier molecular flexibility index (Phi) is 5.63. The number of carbonyl (C=O) groups is 1. The Morgan fingerprint density at radius 3 is 2.24 bits per heavy atom. The van der Waals surface area contributed by atoms with E-state index >= 15 is 0 Å². The molecule has 6 heteroatoms. The molecular weight excluding hydrogens is 336 g/mol. The summed E-state index contributed by atoms with van der Waals surface area (Å²) in [7, 11) is -3.43. The van der Waals surface area contributed by atoms with Gasteiger partial charge in [-0.2, -0.15) is 4.31 Å². The number of hydrogen-bond acceptors (Lipinski definition) is 4. The fraction of sp³-hybridized carbons (Fsp3) is 0.316. The van der Waals surface area contributed by atoms with Gasteiger partial charge in [0, 0.05) is 25.2 Å². The number of nitrogens with one attached hydrogen (secondary N) is 1. The molecule has 25 heavy (non-hydrogen) atoms. The second kappa shape index (κ2) is 7.91. The van der Waals surface area contributed by atoms with Gasteiger partial charge in [0.1, 0.15) is 0 Å². The van der Waals surface area contributed by atoms with E-state index in [0.29, 0.717) is 25.2 Å². The van der Waals surface area contributed by atoms with Crippen molar-refractivity contribution in [3.8, 4) is 0 Å². The Morgan fingerprint density at radius 2 is 1.60 bits per heavy atom. The van der Waals surface area contributed by atoms with Gasteiger partial charge in [-0.3, -0.25) is 4.79 Å². The lowest BCUT2D eigenvalue weighted by atomic mass is 10.1. The summed E-state index contributed by atoms with van der Waals surface area (Å²) in [5, 5.41) is 3.11. The van der Waals surface area contributed by atoms with Gasteiger partial charge >= 0.3 is 0 Å². The highest BCUT2D eigenvalue weighted by Crippen LogP contribution is 2.21. The minimum absolute atomic E-state index is 0.0546. The minimum atomic E-state index is -3.43. The van der Waals surface area contributed by atoms with Crippen LogP contribution >= 0.6 is 0 Å². The van der Waals surface area contributed by atoms with Gasteiger partial charge in [0.25, 0.3) is 0 Å². The Hall–Kier alpha value is -2.02. The van der Waals surface area contributed by atoms with Crippen molar-refractivity contribution in [2.75, 3.05) is 19.6 Å². The molecule has 132 valence electrons. The van der Waals surface area contributed by atoms with Crippen LogP contribution in [0.15, 0.2) is 59.5 Å². The fourth-order valence-corrected chi connectivity index (χ4v) is 4.43. The highest BCUT2D eigenvalue weighted by molar-refractivity contribution is 7.89. The molecule has 0 unspecified atom stereocenters. The Morgan fingerprint density at radius 1 is 0.960 bits per heavy atom. The van der Waals surface area contributed by atoms with Gasteiger partial charge in [0.15, 0.2) is 5.78 Å². The summed E-state index contributed by atoms with van der Waals surface area (Å²) in [5.74, 6) is -0.0546. The maximum atomic E-state index is 12.5. The Balaban J connectivity index is 1.59. The number of carbonyl (C=O) groups excluding carboxylic acids is 1. The van der Waals surface area contributed by atoms with Gasteiger partial charge in [-0.25, -0.2) is 8.42 Å². The fourth-order valence-electron chi connectivity index (χ4n) is 2.91. The third-order valence-electron chi connectivity index (χ3n) is 4.34. The molecule has 1 N–H and O–H groups in total. The number of rotatable bonds is 7. The van der Waals surface area contributed by atoms with Crippen molar-refractivity contribution >= 4 is 15.8 Å². The molecule has 0 aromatic heterocycles. The first kappa shape index (κ1) is 17.8. The molecule has 5 nitrogen and oxygen atoms in total. The second-order valence-electron chi connectivity index (χ2n) is 6.15. The molecule has 0 amide bonds. The topological polar surface area (TPSA) is 66.5 Å². The van der Waals surface area contributed by atoms with Crippen LogP contribution in [0.1, 0.15) is 28.8 Å². The summed E-state index contributed by atoms with van der Waals surface area (Å²) >= 11 is 0. The standard InChI is InChI=1S/C19H22N2O3S/c22-19(15-20-14-16-6-2-1-3-7-16)17-8-10-18(11-9-17)25(23,24)21-12-4-5-13-21/h1-3,6-11,20H,4-5,12-15H2. The number of sulfonamides is 1. The van der Waals surface area contributed by atoms with Gasteiger partial charge < -0.3 is 5.32 Å². The quantitative estimate of drug-likeness (QED) is 0.772. The van der Waals surface area contributed by atoms with Crippen LogP contribution in [0, 0.1) is 0 Å². The van der Waals surface area contributed by atoms with Crippen LogP contribution in [0.3, 0.4) is 0 Å². The summed E-state index contributed by atoms with van der Waals surface area (Å²) in [6.07, 6.45) is 1.81. The molecule has 3 rings (SSSR count). The van der Waals surface area contributed by atoms with Gasteiger partial charge in [0.05, 0.1) is 11.4 Å². The van der Waals surface area contributed by atoms with Crippen molar-refractivity contribution in [1.82, 2.24) is 9.62 Å². The molecule has 2 aromatic carbocycles. The monoisotopic (exact) mass is 358 g/mol. The van der Waals surface area contributed by atoms with Crippen LogP contribution in [0.25, 0.3) is 0 Å². The van der Waals surface area contributed by atoms with Crippen molar-refractivity contribution in [2.45, 2.75) is 24.3 Å². The number of hydrogen-bond donors (Lipinski definition) is 1. The van der Waals surface area contributed by atoms with E-state index in [0.717, 1.165) is 18.4 Å². The molecule has 1 fully saturated rings. The van der Waals surface area contributed by atoms with Gasteiger partial charge in [-0.1, -0.05) is 42.5 Å². The summed E-state index contributed by atoms with van der Waals surface area (Å²) < 4.78 is 26.5. The first-order chi connectivity index (χ1) is 12.1. The highest BCUT2D eigenvalue weighted by Gasteiger charge is 2.27. The molecule has 0 bridgehead atoms. The molecule has 0 radical (unpaired) electrons. The molecule has 2 aromatic rings. The van der Waals surface area contributed by atoms with Crippen LogP contribution in [-0.2, 0) is 16.6 Å². The summed E-state index contributed by atoms with van der Waals surface area (Å²) in [4.78, 5) is 12.5. The molecule has 1 aliphatic rings. The van der Waals surface area contributed by atoms with Crippen molar-refractivity contribution in [2.24, 2.45) is 0 Å². The minimum Gasteiger partial charge on any atom is -0.306 e. The molecule has 0 atom stereocenters. The highest BCUT2D eigenvalue weighted by atomic mass is 32.2. The third-order valence-corrected chi connectivity index (χ3v) is 6.25. The predicted molar refractivity (Wildman–Crippen MR) is 96.9 cm³/mol. The van der Waals surface area contributed by atoms with Gasteiger partial charge in [-0.15, -0.1) is 0 Å². The van der Waals surface area contributed by atoms with E-state index in [9.17, 15) is 13.2 Å². The second-order valence-corrected chi connectivity index (χ2v) is 8.09. The summed E-state index contributed by atoms with van der Waals surface area (Å²) in [6.45, 7) is 1.99. The Bertz CT molecular complexity index is 812. The van der Waals surface area contributed by atoms with Crippen LogP contribution in [-0.4, -0.2) is 38.1 Å². The maximum absolute atomic E-state index is 12.5. The average Bonchev–Trinajstić information content (AvgIpc) is 3.18. The zero-order valence-corrected chi connectivity index (χ0v) is 14.8. The maximum Gasteiger partial charge on any atom is 0.243 e.